The topological polar surface area (TPSA) is 83.5 Å². The standard InChI is InChI=1S/C17H16F3NO4S/c1-16(23,17(18,19)20)15(22)21-13-7-9-14(10-8-13)26(24,25)11-12-5-3-2-4-6-12/h2-10,23H,11H2,1H3,(H,21,22). The van der Waals surface area contributed by atoms with Gasteiger partial charge < -0.3 is 10.4 Å². The zero-order valence-corrected chi connectivity index (χ0v) is 14.4. The Bertz CT molecular complexity index is 876. The molecule has 0 saturated carbocycles. The maximum Gasteiger partial charge on any atom is 0.426 e. The number of benzene rings is 2. The maximum atomic E-state index is 12.6. The van der Waals surface area contributed by atoms with Gasteiger partial charge in [0, 0.05) is 5.69 Å². The van der Waals surface area contributed by atoms with E-state index in [0.717, 1.165) is 12.1 Å². The first kappa shape index (κ1) is 19.9. The number of sulfone groups is 1. The molecule has 1 unspecified atom stereocenters. The number of hydrogen-bond acceptors (Lipinski definition) is 4. The van der Waals surface area contributed by atoms with Crippen LogP contribution in [0.3, 0.4) is 0 Å². The molecular weight excluding hydrogens is 371 g/mol. The summed E-state index contributed by atoms with van der Waals surface area (Å²) in [5.41, 5.74) is -3.05. The van der Waals surface area contributed by atoms with Gasteiger partial charge in [-0.2, -0.15) is 13.2 Å². The molecule has 0 bridgehead atoms. The fourth-order valence-electron chi connectivity index (χ4n) is 2.00. The summed E-state index contributed by atoms with van der Waals surface area (Å²) in [6, 6.07) is 13.1. The van der Waals surface area contributed by atoms with Crippen molar-refractivity contribution in [1.29, 1.82) is 0 Å². The number of anilines is 1. The summed E-state index contributed by atoms with van der Waals surface area (Å²) >= 11 is 0. The average molecular weight is 387 g/mol. The molecule has 0 aliphatic rings. The van der Waals surface area contributed by atoms with Gasteiger partial charge in [0.05, 0.1) is 10.6 Å². The van der Waals surface area contributed by atoms with Crippen molar-refractivity contribution in [3.8, 4) is 0 Å². The van der Waals surface area contributed by atoms with E-state index in [1.807, 2.05) is 5.32 Å². The highest BCUT2D eigenvalue weighted by atomic mass is 32.2. The normalized spacial score (nSPS) is 14.5. The SMILES string of the molecule is CC(O)(C(=O)Nc1ccc(S(=O)(=O)Cc2ccccc2)cc1)C(F)(F)F. The van der Waals surface area contributed by atoms with E-state index in [9.17, 15) is 31.5 Å². The third-order valence-corrected chi connectivity index (χ3v) is 5.37. The van der Waals surface area contributed by atoms with Gasteiger partial charge in [-0.25, -0.2) is 8.42 Å². The second-order valence-corrected chi connectivity index (χ2v) is 7.78. The number of carbonyl (C=O) groups is 1. The summed E-state index contributed by atoms with van der Waals surface area (Å²) in [6.45, 7) is 0.334. The second-order valence-electron chi connectivity index (χ2n) is 5.79. The van der Waals surface area contributed by atoms with E-state index in [1.165, 1.54) is 12.1 Å². The Kier molecular flexibility index (Phi) is 5.43. The lowest BCUT2D eigenvalue weighted by atomic mass is 10.1. The van der Waals surface area contributed by atoms with Gasteiger partial charge in [-0.1, -0.05) is 30.3 Å². The molecule has 2 rings (SSSR count). The molecule has 0 aliphatic carbocycles. The molecule has 9 heteroatoms. The van der Waals surface area contributed by atoms with Crippen LogP contribution in [0.5, 0.6) is 0 Å². The van der Waals surface area contributed by atoms with Crippen LogP contribution in [0.1, 0.15) is 12.5 Å². The number of halogens is 3. The Hall–Kier alpha value is -2.39. The van der Waals surface area contributed by atoms with Crippen molar-refractivity contribution in [2.24, 2.45) is 0 Å². The molecular formula is C17H16F3NO4S. The minimum Gasteiger partial charge on any atom is -0.373 e. The lowest BCUT2D eigenvalue weighted by molar-refractivity contribution is -0.242. The van der Waals surface area contributed by atoms with E-state index in [1.54, 1.807) is 30.3 Å². The molecule has 0 saturated heterocycles. The number of carbonyl (C=O) groups excluding carboxylic acids is 1. The van der Waals surface area contributed by atoms with E-state index in [2.05, 4.69) is 0 Å². The minimum atomic E-state index is -5.14. The Labute approximate surface area is 148 Å². The van der Waals surface area contributed by atoms with Gasteiger partial charge in [-0.15, -0.1) is 0 Å². The van der Waals surface area contributed by atoms with Crippen LogP contribution >= 0.6 is 0 Å². The fourth-order valence-corrected chi connectivity index (χ4v) is 3.35. The predicted molar refractivity (Wildman–Crippen MR) is 89.1 cm³/mol. The second kappa shape index (κ2) is 7.08. The highest BCUT2D eigenvalue weighted by molar-refractivity contribution is 7.90. The minimum absolute atomic E-state index is 0.0399. The van der Waals surface area contributed by atoms with E-state index in [4.69, 9.17) is 0 Å². The molecule has 2 aromatic rings. The molecule has 26 heavy (non-hydrogen) atoms. The fraction of sp³-hybridized carbons (Fsp3) is 0.235. The van der Waals surface area contributed by atoms with Crippen LogP contribution in [0.25, 0.3) is 0 Å². The molecule has 0 aliphatic heterocycles. The highest BCUT2D eigenvalue weighted by Crippen LogP contribution is 2.31. The van der Waals surface area contributed by atoms with Gasteiger partial charge in [-0.05, 0) is 36.8 Å². The monoisotopic (exact) mass is 387 g/mol. The molecule has 0 aromatic heterocycles. The zero-order chi connectivity index (χ0) is 19.6. The number of alkyl halides is 3. The van der Waals surface area contributed by atoms with Crippen LogP contribution < -0.4 is 5.32 Å². The summed E-state index contributed by atoms with van der Waals surface area (Å²) in [5, 5.41) is 11.2. The lowest BCUT2D eigenvalue weighted by Crippen LogP contribution is -2.52. The summed E-state index contributed by atoms with van der Waals surface area (Å²) in [6.07, 6.45) is -5.14. The maximum absolute atomic E-state index is 12.6. The summed E-state index contributed by atoms with van der Waals surface area (Å²) in [4.78, 5) is 11.6. The summed E-state index contributed by atoms with van der Waals surface area (Å²) in [7, 11) is -3.65. The van der Waals surface area contributed by atoms with Crippen LogP contribution in [0.4, 0.5) is 18.9 Å². The molecule has 2 N–H and O–H groups in total. The number of aliphatic hydroxyl groups is 1. The molecule has 0 fully saturated rings. The molecule has 2 aromatic carbocycles. The molecule has 1 atom stereocenters. The first-order valence-electron chi connectivity index (χ1n) is 7.41. The molecule has 140 valence electrons. The van der Waals surface area contributed by atoms with Crippen molar-refractivity contribution in [1.82, 2.24) is 0 Å². The molecule has 1 amide bonds. The van der Waals surface area contributed by atoms with Crippen LogP contribution in [0.2, 0.25) is 0 Å². The summed E-state index contributed by atoms with van der Waals surface area (Å²) < 4.78 is 62.6. The van der Waals surface area contributed by atoms with Crippen molar-refractivity contribution in [3.63, 3.8) is 0 Å². The van der Waals surface area contributed by atoms with Gasteiger partial charge in [0.1, 0.15) is 0 Å². The Morgan fingerprint density at radius 2 is 1.58 bits per heavy atom. The quantitative estimate of drug-likeness (QED) is 0.826. The first-order valence-corrected chi connectivity index (χ1v) is 9.06. The van der Waals surface area contributed by atoms with Gasteiger partial charge in [-0.3, -0.25) is 4.79 Å². The highest BCUT2D eigenvalue weighted by Gasteiger charge is 2.55. The largest absolute Gasteiger partial charge is 0.426 e. The van der Waals surface area contributed by atoms with E-state index in [0.29, 0.717) is 12.5 Å². The van der Waals surface area contributed by atoms with E-state index in [-0.39, 0.29) is 16.3 Å². The van der Waals surface area contributed by atoms with E-state index >= 15 is 0 Å². The Morgan fingerprint density at radius 3 is 2.08 bits per heavy atom. The molecule has 0 radical (unpaired) electrons. The van der Waals surface area contributed by atoms with Crippen molar-refractivity contribution >= 4 is 21.4 Å². The number of amides is 1. The predicted octanol–water partition coefficient (Wildman–Crippen LogP) is 2.91. The first-order chi connectivity index (χ1) is 11.9. The lowest BCUT2D eigenvalue weighted by Gasteiger charge is -2.24. The molecule has 0 spiro atoms. The summed E-state index contributed by atoms with van der Waals surface area (Å²) in [5.74, 6) is -1.90. The van der Waals surface area contributed by atoms with Crippen LogP contribution in [0.15, 0.2) is 59.5 Å². The van der Waals surface area contributed by atoms with Gasteiger partial charge >= 0.3 is 6.18 Å². The van der Waals surface area contributed by atoms with Crippen molar-refractivity contribution < 1.29 is 31.5 Å². The Morgan fingerprint density at radius 1 is 1.04 bits per heavy atom. The Balaban J connectivity index is 2.14. The van der Waals surface area contributed by atoms with E-state index < -0.39 is 27.5 Å². The number of nitrogens with one attached hydrogen (secondary N) is 1. The number of hydrogen-bond donors (Lipinski definition) is 2. The molecule has 0 heterocycles. The zero-order valence-electron chi connectivity index (χ0n) is 13.6. The van der Waals surface area contributed by atoms with Crippen molar-refractivity contribution in [2.45, 2.75) is 29.3 Å². The average Bonchev–Trinajstić information content (AvgIpc) is 2.54. The van der Waals surface area contributed by atoms with Gasteiger partial charge in [0.15, 0.2) is 9.84 Å². The van der Waals surface area contributed by atoms with Gasteiger partial charge in [0.2, 0.25) is 5.60 Å². The third kappa shape index (κ3) is 4.41. The van der Waals surface area contributed by atoms with Gasteiger partial charge in [0.25, 0.3) is 5.91 Å². The number of rotatable bonds is 5. The third-order valence-electron chi connectivity index (χ3n) is 3.66. The van der Waals surface area contributed by atoms with Crippen LogP contribution in [-0.4, -0.2) is 31.2 Å². The molecule has 5 nitrogen and oxygen atoms in total. The van der Waals surface area contributed by atoms with Crippen LogP contribution in [-0.2, 0) is 20.4 Å². The smallest absolute Gasteiger partial charge is 0.373 e. The van der Waals surface area contributed by atoms with Crippen LogP contribution in [0, 0.1) is 0 Å². The van der Waals surface area contributed by atoms with Crippen molar-refractivity contribution in [2.75, 3.05) is 5.32 Å². The van der Waals surface area contributed by atoms with Crippen molar-refractivity contribution in [3.05, 3.63) is 60.2 Å².